The lowest BCUT2D eigenvalue weighted by Crippen LogP contribution is -2.30. The molecule has 3 aromatic heterocycles. The van der Waals surface area contributed by atoms with Gasteiger partial charge in [-0.3, -0.25) is 0 Å². The van der Waals surface area contributed by atoms with E-state index in [4.69, 9.17) is 4.98 Å². The van der Waals surface area contributed by atoms with E-state index in [2.05, 4.69) is 134 Å². The SMILES string of the molecule is Cc1cc2c3cccc(C(C)C)c3n3c4cc(-c5c(C(C)C)cc(C(C)C)cc5C(C)C)cc5nc[n+](C)c(c(c1C)c23)c54. The molecule has 0 bridgehead atoms. The first-order valence-electron chi connectivity index (χ1n) is 16.5. The van der Waals surface area contributed by atoms with Crippen LogP contribution in [-0.2, 0) is 7.05 Å². The lowest BCUT2D eigenvalue weighted by atomic mass is 9.81. The fraction of sp³-hybridized carbons (Fsp3) is 0.366. The normalized spacial score (nSPS) is 12.8. The molecule has 7 aromatic rings. The Hall–Kier alpha value is -3.98. The summed E-state index contributed by atoms with van der Waals surface area (Å²) >= 11 is 0. The Labute approximate surface area is 261 Å². The smallest absolute Gasteiger partial charge is 0.287 e. The molecule has 7 rings (SSSR count). The molecular weight excluding hydrogens is 534 g/mol. The predicted octanol–water partition coefficient (Wildman–Crippen LogP) is 11.0. The first-order chi connectivity index (χ1) is 20.9. The van der Waals surface area contributed by atoms with Crippen LogP contribution in [0.5, 0.6) is 0 Å². The monoisotopic (exact) mass is 580 g/mol. The first-order valence-corrected chi connectivity index (χ1v) is 16.5. The summed E-state index contributed by atoms with van der Waals surface area (Å²) in [6.45, 7) is 23.2. The maximum Gasteiger partial charge on any atom is 0.287 e. The van der Waals surface area contributed by atoms with Crippen molar-refractivity contribution in [3.63, 3.8) is 0 Å². The summed E-state index contributed by atoms with van der Waals surface area (Å²) in [7, 11) is 2.16. The molecule has 3 heteroatoms. The summed E-state index contributed by atoms with van der Waals surface area (Å²) in [5.41, 5.74) is 17.3. The van der Waals surface area contributed by atoms with Crippen LogP contribution < -0.4 is 4.57 Å². The topological polar surface area (TPSA) is 21.2 Å². The molecule has 44 heavy (non-hydrogen) atoms. The van der Waals surface area contributed by atoms with E-state index >= 15 is 0 Å². The maximum atomic E-state index is 5.13. The summed E-state index contributed by atoms with van der Waals surface area (Å²) in [6, 6.07) is 19.1. The third kappa shape index (κ3) is 3.94. The molecule has 0 N–H and O–H groups in total. The molecule has 0 unspecified atom stereocenters. The quantitative estimate of drug-likeness (QED) is 0.113. The van der Waals surface area contributed by atoms with Gasteiger partial charge in [-0.25, -0.2) is 4.57 Å². The van der Waals surface area contributed by atoms with E-state index in [-0.39, 0.29) is 0 Å². The van der Waals surface area contributed by atoms with Crippen molar-refractivity contribution in [1.29, 1.82) is 0 Å². The Morgan fingerprint density at radius 2 is 1.34 bits per heavy atom. The van der Waals surface area contributed by atoms with Gasteiger partial charge in [-0.2, -0.15) is 0 Å². The van der Waals surface area contributed by atoms with Crippen molar-refractivity contribution in [2.24, 2.45) is 7.05 Å². The maximum absolute atomic E-state index is 5.13. The second kappa shape index (κ2) is 10.0. The number of aromatic nitrogens is 3. The van der Waals surface area contributed by atoms with Crippen molar-refractivity contribution in [2.75, 3.05) is 0 Å². The van der Waals surface area contributed by atoms with Gasteiger partial charge in [0.05, 0.1) is 34.4 Å². The van der Waals surface area contributed by atoms with E-state index in [9.17, 15) is 0 Å². The molecule has 0 radical (unpaired) electrons. The van der Waals surface area contributed by atoms with Gasteiger partial charge in [0.25, 0.3) is 6.33 Å². The number of benzene rings is 4. The van der Waals surface area contributed by atoms with E-state index in [1.807, 2.05) is 6.33 Å². The summed E-state index contributed by atoms with van der Waals surface area (Å²) in [4.78, 5) is 5.13. The van der Waals surface area contributed by atoms with Crippen LogP contribution in [0.1, 0.15) is 112 Å². The van der Waals surface area contributed by atoms with Gasteiger partial charge in [0.1, 0.15) is 5.52 Å². The van der Waals surface area contributed by atoms with E-state index in [1.54, 1.807) is 0 Å². The minimum Gasteiger partial charge on any atom is -0.307 e. The Bertz CT molecular complexity index is 2230. The number of hydrogen-bond donors (Lipinski definition) is 0. The molecule has 224 valence electrons. The molecule has 0 saturated heterocycles. The van der Waals surface area contributed by atoms with Crippen molar-refractivity contribution >= 4 is 49.1 Å². The molecule has 0 saturated carbocycles. The van der Waals surface area contributed by atoms with E-state index in [0.717, 1.165) is 5.52 Å². The summed E-state index contributed by atoms with van der Waals surface area (Å²) in [5.74, 6) is 1.70. The fourth-order valence-corrected chi connectivity index (χ4v) is 7.73. The van der Waals surface area contributed by atoms with Crippen molar-refractivity contribution in [3.05, 3.63) is 88.2 Å². The third-order valence-electron chi connectivity index (χ3n) is 10.2. The van der Waals surface area contributed by atoms with Crippen molar-refractivity contribution < 1.29 is 4.57 Å². The molecule has 0 atom stereocenters. The van der Waals surface area contributed by atoms with Gasteiger partial charge in [-0.15, -0.1) is 0 Å². The Kier molecular flexibility index (Phi) is 6.55. The molecule has 0 spiro atoms. The average Bonchev–Trinajstić information content (AvgIpc) is 3.31. The molecular formula is C41H46N3+. The van der Waals surface area contributed by atoms with Gasteiger partial charge < -0.3 is 4.40 Å². The lowest BCUT2D eigenvalue weighted by molar-refractivity contribution is -0.646. The van der Waals surface area contributed by atoms with E-state index < -0.39 is 0 Å². The minimum absolute atomic E-state index is 0.402. The summed E-state index contributed by atoms with van der Waals surface area (Å²) in [6.07, 6.45) is 2.02. The molecule has 0 amide bonds. The van der Waals surface area contributed by atoms with Crippen LogP contribution >= 0.6 is 0 Å². The number of nitrogens with zero attached hydrogens (tertiary/aromatic N) is 3. The van der Waals surface area contributed by atoms with Crippen molar-refractivity contribution in [2.45, 2.75) is 92.9 Å². The molecule has 0 aliphatic heterocycles. The number of aryl methyl sites for hydroxylation is 3. The zero-order valence-corrected chi connectivity index (χ0v) is 28.3. The standard InChI is InChI=1S/C41H46N3/c1-21(2)27-16-31(23(5)6)37(32(17-27)24(7)8)28-18-34-38-35(19-28)44-39-29(22(3)4)13-12-14-30(39)33-15-25(9)26(10)36(40(33)44)41(38)43(11)20-42-34/h12-24H,1-11H3/q+1. The van der Waals surface area contributed by atoms with Crippen LogP contribution in [0, 0.1) is 13.8 Å². The van der Waals surface area contributed by atoms with Gasteiger partial charge >= 0.3 is 0 Å². The number of fused-ring (bicyclic) bond motifs is 5. The molecule has 3 heterocycles. The van der Waals surface area contributed by atoms with Crippen LogP contribution in [0.3, 0.4) is 0 Å². The number of rotatable bonds is 5. The zero-order valence-electron chi connectivity index (χ0n) is 28.3. The lowest BCUT2D eigenvalue weighted by Gasteiger charge is -2.24. The average molecular weight is 581 g/mol. The highest BCUT2D eigenvalue weighted by Crippen LogP contribution is 2.46. The third-order valence-corrected chi connectivity index (χ3v) is 10.2. The van der Waals surface area contributed by atoms with E-state index in [1.165, 1.54) is 88.1 Å². The molecule has 0 fully saturated rings. The molecule has 3 nitrogen and oxygen atoms in total. The highest BCUT2D eigenvalue weighted by molar-refractivity contribution is 6.26. The molecule has 0 aliphatic carbocycles. The minimum atomic E-state index is 0.402. The Morgan fingerprint density at radius 3 is 1.95 bits per heavy atom. The summed E-state index contributed by atoms with van der Waals surface area (Å²) in [5, 5.41) is 5.26. The molecule has 4 aromatic carbocycles. The summed E-state index contributed by atoms with van der Waals surface area (Å²) < 4.78 is 4.85. The van der Waals surface area contributed by atoms with Gasteiger partial charge in [0, 0.05) is 10.8 Å². The zero-order chi connectivity index (χ0) is 31.4. The fourth-order valence-electron chi connectivity index (χ4n) is 7.73. The highest BCUT2D eigenvalue weighted by atomic mass is 15.0. The van der Waals surface area contributed by atoms with Gasteiger partial charge in [-0.05, 0) is 105 Å². The van der Waals surface area contributed by atoms with Gasteiger partial charge in [-0.1, -0.05) is 85.7 Å². The van der Waals surface area contributed by atoms with Gasteiger partial charge in [0.15, 0.2) is 5.52 Å². The second-order valence-corrected chi connectivity index (χ2v) is 14.5. The number of hydrogen-bond acceptors (Lipinski definition) is 1. The number of pyridine rings is 1. The Morgan fingerprint density at radius 1 is 0.682 bits per heavy atom. The van der Waals surface area contributed by atoms with Crippen LogP contribution in [0.2, 0.25) is 0 Å². The Balaban J connectivity index is 1.78. The molecule has 0 aliphatic rings. The van der Waals surface area contributed by atoms with Crippen LogP contribution in [0.4, 0.5) is 0 Å². The van der Waals surface area contributed by atoms with Crippen LogP contribution in [-0.4, -0.2) is 9.38 Å². The van der Waals surface area contributed by atoms with Crippen molar-refractivity contribution in [3.8, 4) is 11.1 Å². The predicted molar refractivity (Wildman–Crippen MR) is 189 cm³/mol. The van der Waals surface area contributed by atoms with Crippen LogP contribution in [0.15, 0.2) is 54.9 Å². The first kappa shape index (κ1) is 28.8. The van der Waals surface area contributed by atoms with E-state index in [0.29, 0.717) is 23.7 Å². The van der Waals surface area contributed by atoms with Crippen molar-refractivity contribution in [1.82, 2.24) is 9.38 Å². The largest absolute Gasteiger partial charge is 0.307 e. The van der Waals surface area contributed by atoms with Gasteiger partial charge in [0.2, 0.25) is 0 Å². The van der Waals surface area contributed by atoms with Crippen LogP contribution in [0.25, 0.3) is 60.3 Å². The highest BCUT2D eigenvalue weighted by Gasteiger charge is 2.28. The number of para-hydroxylation sites is 1. The second-order valence-electron chi connectivity index (χ2n) is 14.5.